The Bertz CT molecular complexity index is 527. The van der Waals surface area contributed by atoms with Gasteiger partial charge in [0.05, 0.1) is 17.3 Å². The first kappa shape index (κ1) is 13.0. The number of aromatic nitrogens is 1. The molecule has 18 heavy (non-hydrogen) atoms. The van der Waals surface area contributed by atoms with Crippen LogP contribution in [0.1, 0.15) is 11.9 Å². The van der Waals surface area contributed by atoms with E-state index in [9.17, 15) is 4.39 Å². The molecular weight excluding hydrogens is 251 g/mol. The molecule has 2 N–H and O–H groups in total. The molecule has 1 aromatic carbocycles. The summed E-state index contributed by atoms with van der Waals surface area (Å²) in [6.45, 7) is 2.85. The van der Waals surface area contributed by atoms with E-state index >= 15 is 0 Å². The van der Waals surface area contributed by atoms with Crippen LogP contribution in [0.2, 0.25) is 0 Å². The molecule has 3 nitrogen and oxygen atoms in total. The van der Waals surface area contributed by atoms with Crippen molar-refractivity contribution in [3.8, 4) is 17.0 Å². The molecule has 0 bridgehead atoms. The fraction of sp³-hybridized carbons (Fsp3) is 0.308. The molecule has 2 aromatic rings. The summed E-state index contributed by atoms with van der Waals surface area (Å²) in [6.07, 6.45) is 0.754. The Morgan fingerprint density at radius 1 is 1.44 bits per heavy atom. The van der Waals surface area contributed by atoms with Gasteiger partial charge in [-0.2, -0.15) is 0 Å². The molecule has 0 unspecified atom stereocenters. The van der Waals surface area contributed by atoms with Crippen LogP contribution in [0.15, 0.2) is 23.6 Å². The van der Waals surface area contributed by atoms with Gasteiger partial charge in [-0.05, 0) is 31.7 Å². The number of benzene rings is 1. The van der Waals surface area contributed by atoms with E-state index in [4.69, 9.17) is 10.5 Å². The monoisotopic (exact) mass is 266 g/mol. The molecule has 1 aromatic heterocycles. The van der Waals surface area contributed by atoms with Crippen molar-refractivity contribution in [2.24, 2.45) is 5.73 Å². The topological polar surface area (TPSA) is 48.1 Å². The number of hydrogen-bond acceptors (Lipinski definition) is 4. The average Bonchev–Trinajstić information content (AvgIpc) is 2.81. The van der Waals surface area contributed by atoms with Gasteiger partial charge in [-0.1, -0.05) is 0 Å². The smallest absolute Gasteiger partial charge is 0.165 e. The van der Waals surface area contributed by atoms with Gasteiger partial charge in [0.2, 0.25) is 0 Å². The van der Waals surface area contributed by atoms with E-state index in [2.05, 4.69) is 4.98 Å². The van der Waals surface area contributed by atoms with Crippen LogP contribution in [0, 0.1) is 5.82 Å². The molecular formula is C13H15FN2OS. The maximum absolute atomic E-state index is 13.7. The first-order valence-corrected chi connectivity index (χ1v) is 6.69. The van der Waals surface area contributed by atoms with Gasteiger partial charge >= 0.3 is 0 Å². The number of hydrogen-bond donors (Lipinski definition) is 1. The summed E-state index contributed by atoms with van der Waals surface area (Å²) in [5.74, 6) is -0.0820. The molecule has 0 saturated heterocycles. The molecule has 0 saturated carbocycles. The van der Waals surface area contributed by atoms with Crippen LogP contribution in [-0.4, -0.2) is 18.1 Å². The Balaban J connectivity index is 2.24. The average molecular weight is 266 g/mol. The van der Waals surface area contributed by atoms with Gasteiger partial charge in [-0.25, -0.2) is 9.37 Å². The van der Waals surface area contributed by atoms with E-state index in [1.807, 2.05) is 18.4 Å². The molecule has 0 fully saturated rings. The fourth-order valence-corrected chi connectivity index (χ4v) is 2.44. The number of rotatable bonds is 5. The zero-order chi connectivity index (χ0) is 13.0. The van der Waals surface area contributed by atoms with Crippen LogP contribution in [0.5, 0.6) is 5.75 Å². The van der Waals surface area contributed by atoms with Crippen LogP contribution in [0.25, 0.3) is 11.3 Å². The first-order valence-electron chi connectivity index (χ1n) is 5.81. The molecule has 0 aliphatic heterocycles. The SMILES string of the molecule is CCOc1ccc(-c2csc(CCN)n2)cc1F. The van der Waals surface area contributed by atoms with Crippen LogP contribution in [0.3, 0.4) is 0 Å². The van der Waals surface area contributed by atoms with Gasteiger partial charge in [0, 0.05) is 17.4 Å². The maximum Gasteiger partial charge on any atom is 0.165 e. The lowest BCUT2D eigenvalue weighted by Gasteiger charge is -2.05. The van der Waals surface area contributed by atoms with Crippen molar-refractivity contribution in [1.82, 2.24) is 4.98 Å². The largest absolute Gasteiger partial charge is 0.491 e. The standard InChI is InChI=1S/C13H15FN2OS/c1-2-17-12-4-3-9(7-10(12)14)11-8-18-13(16-11)5-6-15/h3-4,7-8H,2,5-6,15H2,1H3. The second-order valence-corrected chi connectivity index (χ2v) is 4.69. The number of nitrogens with two attached hydrogens (primary N) is 1. The third-order valence-electron chi connectivity index (χ3n) is 2.44. The molecule has 1 heterocycles. The van der Waals surface area contributed by atoms with Gasteiger partial charge in [0.1, 0.15) is 0 Å². The van der Waals surface area contributed by atoms with Crippen molar-refractivity contribution in [2.75, 3.05) is 13.2 Å². The molecule has 5 heteroatoms. The zero-order valence-electron chi connectivity index (χ0n) is 10.1. The Kier molecular flexibility index (Phi) is 4.28. The lowest BCUT2D eigenvalue weighted by atomic mass is 10.1. The number of thiazole rings is 1. The molecule has 0 amide bonds. The summed E-state index contributed by atoms with van der Waals surface area (Å²) in [6, 6.07) is 4.90. The predicted octanol–water partition coefficient (Wildman–Crippen LogP) is 2.85. The third kappa shape index (κ3) is 2.86. The molecule has 0 spiro atoms. The summed E-state index contributed by atoms with van der Waals surface area (Å²) >= 11 is 1.54. The number of nitrogens with zero attached hydrogens (tertiary/aromatic N) is 1. The molecule has 0 atom stereocenters. The second kappa shape index (κ2) is 5.93. The summed E-state index contributed by atoms with van der Waals surface area (Å²) < 4.78 is 18.9. The molecule has 0 aliphatic rings. The summed E-state index contributed by atoms with van der Waals surface area (Å²) in [7, 11) is 0. The highest BCUT2D eigenvalue weighted by Crippen LogP contribution is 2.26. The minimum absolute atomic E-state index is 0.277. The third-order valence-corrected chi connectivity index (χ3v) is 3.35. The van der Waals surface area contributed by atoms with Crippen LogP contribution in [0.4, 0.5) is 4.39 Å². The van der Waals surface area contributed by atoms with Crippen LogP contribution >= 0.6 is 11.3 Å². The number of halogens is 1. The first-order chi connectivity index (χ1) is 8.74. The second-order valence-electron chi connectivity index (χ2n) is 3.74. The van der Waals surface area contributed by atoms with E-state index < -0.39 is 0 Å². The van der Waals surface area contributed by atoms with Gasteiger partial charge in [0.25, 0.3) is 0 Å². The summed E-state index contributed by atoms with van der Waals surface area (Å²) in [4.78, 5) is 4.42. The van der Waals surface area contributed by atoms with E-state index in [0.717, 1.165) is 22.7 Å². The van der Waals surface area contributed by atoms with Crippen molar-refractivity contribution in [3.05, 3.63) is 34.4 Å². The van der Waals surface area contributed by atoms with E-state index in [1.54, 1.807) is 17.4 Å². The molecule has 0 aliphatic carbocycles. The lowest BCUT2D eigenvalue weighted by molar-refractivity contribution is 0.321. The quantitative estimate of drug-likeness (QED) is 0.905. The Labute approximate surface area is 109 Å². The Morgan fingerprint density at radius 3 is 2.94 bits per heavy atom. The Morgan fingerprint density at radius 2 is 2.28 bits per heavy atom. The van der Waals surface area contributed by atoms with Gasteiger partial charge in [0.15, 0.2) is 11.6 Å². The highest BCUT2D eigenvalue weighted by Gasteiger charge is 2.08. The molecule has 0 radical (unpaired) electrons. The van der Waals surface area contributed by atoms with E-state index in [0.29, 0.717) is 13.2 Å². The highest BCUT2D eigenvalue weighted by molar-refractivity contribution is 7.09. The zero-order valence-corrected chi connectivity index (χ0v) is 11.0. The van der Waals surface area contributed by atoms with Crippen LogP contribution in [-0.2, 0) is 6.42 Å². The lowest BCUT2D eigenvalue weighted by Crippen LogP contribution is -2.02. The van der Waals surface area contributed by atoms with Crippen molar-refractivity contribution < 1.29 is 9.13 Å². The Hall–Kier alpha value is -1.46. The minimum Gasteiger partial charge on any atom is -0.491 e. The fourth-order valence-electron chi connectivity index (χ4n) is 1.61. The van der Waals surface area contributed by atoms with Gasteiger partial charge < -0.3 is 10.5 Å². The number of ether oxygens (including phenoxy) is 1. The van der Waals surface area contributed by atoms with Crippen LogP contribution < -0.4 is 10.5 Å². The molecule has 2 rings (SSSR count). The van der Waals surface area contributed by atoms with E-state index in [1.165, 1.54) is 6.07 Å². The molecule has 96 valence electrons. The van der Waals surface area contributed by atoms with Crippen molar-refractivity contribution >= 4 is 11.3 Å². The highest BCUT2D eigenvalue weighted by atomic mass is 32.1. The van der Waals surface area contributed by atoms with Gasteiger partial charge in [-0.15, -0.1) is 11.3 Å². The minimum atomic E-state index is -0.359. The normalized spacial score (nSPS) is 10.6. The van der Waals surface area contributed by atoms with E-state index in [-0.39, 0.29) is 11.6 Å². The summed E-state index contributed by atoms with van der Waals surface area (Å²) in [5.41, 5.74) is 7.02. The van der Waals surface area contributed by atoms with Gasteiger partial charge in [-0.3, -0.25) is 0 Å². The van der Waals surface area contributed by atoms with Crippen molar-refractivity contribution in [1.29, 1.82) is 0 Å². The predicted molar refractivity (Wildman–Crippen MR) is 71.4 cm³/mol. The van der Waals surface area contributed by atoms with Crippen molar-refractivity contribution in [2.45, 2.75) is 13.3 Å². The maximum atomic E-state index is 13.7. The van der Waals surface area contributed by atoms with Crippen molar-refractivity contribution in [3.63, 3.8) is 0 Å². The summed E-state index contributed by atoms with van der Waals surface area (Å²) in [5, 5.41) is 2.89.